The molecule has 0 saturated heterocycles. The quantitative estimate of drug-likeness (QED) is 0.854. The molecule has 21 heavy (non-hydrogen) atoms. The number of hydrogen-bond acceptors (Lipinski definition) is 4. The second-order valence-electron chi connectivity index (χ2n) is 5.14. The molecular weight excluding hydrogens is 284 g/mol. The van der Waals surface area contributed by atoms with E-state index < -0.39 is 9.84 Å². The van der Waals surface area contributed by atoms with E-state index in [9.17, 15) is 8.42 Å². The molecule has 1 heterocycles. The summed E-state index contributed by atoms with van der Waals surface area (Å²) in [4.78, 5) is 4.37. The summed E-state index contributed by atoms with van der Waals surface area (Å²) >= 11 is 0. The van der Waals surface area contributed by atoms with Gasteiger partial charge in [-0.3, -0.25) is 4.98 Å². The highest BCUT2D eigenvalue weighted by molar-refractivity contribution is 7.91. The van der Waals surface area contributed by atoms with Gasteiger partial charge in [-0.1, -0.05) is 25.1 Å². The third kappa shape index (κ3) is 4.02. The van der Waals surface area contributed by atoms with Crippen molar-refractivity contribution in [2.24, 2.45) is 0 Å². The van der Waals surface area contributed by atoms with Crippen LogP contribution in [0, 0.1) is 0 Å². The Kier molecular flexibility index (Phi) is 5.31. The van der Waals surface area contributed by atoms with Crippen LogP contribution in [0.1, 0.15) is 31.4 Å². The van der Waals surface area contributed by atoms with Gasteiger partial charge in [0.05, 0.1) is 11.3 Å². The Balaban J connectivity index is 2.16. The standard InChI is InChI=1S/C16H22N2O2S/c1-3-21(19,20)12-6-9-15(17-2)14-10-11-18-16-8-5-4-7-13(14)16/h4-5,7-8,10-11,15,17H,3,6,9,12H2,1-2H3. The molecule has 5 heteroatoms. The molecule has 0 aliphatic heterocycles. The monoisotopic (exact) mass is 306 g/mol. The fourth-order valence-electron chi connectivity index (χ4n) is 2.53. The van der Waals surface area contributed by atoms with Crippen molar-refractivity contribution in [2.75, 3.05) is 18.6 Å². The van der Waals surface area contributed by atoms with Crippen LogP contribution in [0.4, 0.5) is 0 Å². The molecular formula is C16H22N2O2S. The van der Waals surface area contributed by atoms with Crippen molar-refractivity contribution >= 4 is 20.7 Å². The van der Waals surface area contributed by atoms with Crippen molar-refractivity contribution in [1.29, 1.82) is 0 Å². The first-order chi connectivity index (χ1) is 10.1. The van der Waals surface area contributed by atoms with Crippen LogP contribution in [-0.4, -0.2) is 32.0 Å². The fourth-order valence-corrected chi connectivity index (χ4v) is 3.42. The van der Waals surface area contributed by atoms with Crippen molar-refractivity contribution in [3.8, 4) is 0 Å². The summed E-state index contributed by atoms with van der Waals surface area (Å²) in [6.45, 7) is 1.70. The number of nitrogens with zero attached hydrogens (tertiary/aromatic N) is 1. The molecule has 2 rings (SSSR count). The van der Waals surface area contributed by atoms with Crippen molar-refractivity contribution < 1.29 is 8.42 Å². The van der Waals surface area contributed by atoms with Crippen molar-refractivity contribution in [1.82, 2.24) is 10.3 Å². The van der Waals surface area contributed by atoms with Crippen LogP contribution >= 0.6 is 0 Å². The van der Waals surface area contributed by atoms with Gasteiger partial charge in [0.25, 0.3) is 0 Å². The van der Waals surface area contributed by atoms with Crippen LogP contribution in [0.15, 0.2) is 36.5 Å². The van der Waals surface area contributed by atoms with Crippen molar-refractivity contribution in [2.45, 2.75) is 25.8 Å². The number of pyridine rings is 1. The van der Waals surface area contributed by atoms with Crippen LogP contribution in [-0.2, 0) is 9.84 Å². The Hall–Kier alpha value is -1.46. The largest absolute Gasteiger partial charge is 0.313 e. The second kappa shape index (κ2) is 7.00. The van der Waals surface area contributed by atoms with E-state index in [0.29, 0.717) is 6.42 Å². The molecule has 0 fully saturated rings. The van der Waals surface area contributed by atoms with Gasteiger partial charge >= 0.3 is 0 Å². The number of nitrogens with one attached hydrogen (secondary N) is 1. The Morgan fingerprint density at radius 2 is 2.00 bits per heavy atom. The van der Waals surface area contributed by atoms with E-state index in [2.05, 4.69) is 16.4 Å². The van der Waals surface area contributed by atoms with Crippen molar-refractivity contribution in [3.63, 3.8) is 0 Å². The van der Waals surface area contributed by atoms with E-state index in [4.69, 9.17) is 0 Å². The number of para-hydroxylation sites is 1. The SMILES string of the molecule is CCS(=O)(=O)CCCC(NC)c1ccnc2ccccc12. The predicted molar refractivity (Wildman–Crippen MR) is 87.1 cm³/mol. The van der Waals surface area contributed by atoms with Gasteiger partial charge in [0, 0.05) is 23.4 Å². The molecule has 0 bridgehead atoms. The van der Waals surface area contributed by atoms with E-state index in [0.717, 1.165) is 17.3 Å². The first-order valence-electron chi connectivity index (χ1n) is 7.28. The van der Waals surface area contributed by atoms with E-state index in [-0.39, 0.29) is 17.5 Å². The number of benzene rings is 1. The summed E-state index contributed by atoms with van der Waals surface area (Å²) < 4.78 is 23.2. The lowest BCUT2D eigenvalue weighted by molar-refractivity contribution is 0.538. The van der Waals surface area contributed by atoms with Gasteiger partial charge in [0.2, 0.25) is 0 Å². The summed E-state index contributed by atoms with van der Waals surface area (Å²) in [5.74, 6) is 0.472. The highest BCUT2D eigenvalue weighted by Crippen LogP contribution is 2.25. The maximum Gasteiger partial charge on any atom is 0.150 e. The highest BCUT2D eigenvalue weighted by Gasteiger charge is 2.14. The van der Waals surface area contributed by atoms with Crippen molar-refractivity contribution in [3.05, 3.63) is 42.1 Å². The van der Waals surface area contributed by atoms with Gasteiger partial charge < -0.3 is 5.32 Å². The Morgan fingerprint density at radius 1 is 1.24 bits per heavy atom. The zero-order valence-electron chi connectivity index (χ0n) is 12.5. The van der Waals surface area contributed by atoms with Crippen LogP contribution in [0.3, 0.4) is 0 Å². The number of rotatable bonds is 7. The third-order valence-electron chi connectivity index (χ3n) is 3.79. The van der Waals surface area contributed by atoms with Gasteiger partial charge in [-0.25, -0.2) is 8.42 Å². The zero-order valence-corrected chi connectivity index (χ0v) is 13.4. The smallest absolute Gasteiger partial charge is 0.150 e. The second-order valence-corrected chi connectivity index (χ2v) is 7.61. The van der Waals surface area contributed by atoms with Crippen LogP contribution in [0.5, 0.6) is 0 Å². The molecule has 1 aromatic heterocycles. The molecule has 114 valence electrons. The molecule has 1 aromatic carbocycles. The van der Waals surface area contributed by atoms with E-state index in [1.807, 2.05) is 37.5 Å². The Morgan fingerprint density at radius 3 is 2.71 bits per heavy atom. The summed E-state index contributed by atoms with van der Waals surface area (Å²) in [6.07, 6.45) is 3.27. The maximum atomic E-state index is 11.6. The average molecular weight is 306 g/mol. The summed E-state index contributed by atoms with van der Waals surface area (Å²) in [6, 6.07) is 10.2. The normalized spacial score (nSPS) is 13.4. The average Bonchev–Trinajstić information content (AvgIpc) is 2.51. The predicted octanol–water partition coefficient (Wildman–Crippen LogP) is 2.71. The fraction of sp³-hybridized carbons (Fsp3) is 0.438. The molecule has 0 radical (unpaired) electrons. The number of aromatic nitrogens is 1. The zero-order chi connectivity index (χ0) is 15.3. The first kappa shape index (κ1) is 15.9. The topological polar surface area (TPSA) is 59.1 Å². The molecule has 1 N–H and O–H groups in total. The number of sulfone groups is 1. The Bertz CT molecular complexity index is 693. The van der Waals surface area contributed by atoms with Gasteiger partial charge in [0.1, 0.15) is 9.84 Å². The van der Waals surface area contributed by atoms with E-state index >= 15 is 0 Å². The molecule has 0 aliphatic rings. The van der Waals surface area contributed by atoms with Gasteiger partial charge in [-0.05, 0) is 37.6 Å². The van der Waals surface area contributed by atoms with Crippen LogP contribution < -0.4 is 5.32 Å². The lowest BCUT2D eigenvalue weighted by atomic mass is 9.99. The molecule has 1 unspecified atom stereocenters. The molecule has 1 atom stereocenters. The minimum atomic E-state index is -2.89. The minimum absolute atomic E-state index is 0.143. The number of hydrogen-bond donors (Lipinski definition) is 1. The third-order valence-corrected chi connectivity index (χ3v) is 5.58. The molecule has 0 aliphatic carbocycles. The van der Waals surface area contributed by atoms with E-state index in [1.165, 1.54) is 5.56 Å². The maximum absolute atomic E-state index is 11.6. The molecule has 2 aromatic rings. The molecule has 0 spiro atoms. The van der Waals surface area contributed by atoms with E-state index in [1.54, 1.807) is 6.92 Å². The minimum Gasteiger partial charge on any atom is -0.313 e. The van der Waals surface area contributed by atoms with Gasteiger partial charge in [-0.2, -0.15) is 0 Å². The van der Waals surface area contributed by atoms with Crippen LogP contribution in [0.25, 0.3) is 10.9 Å². The van der Waals surface area contributed by atoms with Gasteiger partial charge in [-0.15, -0.1) is 0 Å². The lowest BCUT2D eigenvalue weighted by Crippen LogP contribution is -2.18. The Labute approximate surface area is 126 Å². The summed E-state index contributed by atoms with van der Waals surface area (Å²) in [5, 5.41) is 4.42. The highest BCUT2D eigenvalue weighted by atomic mass is 32.2. The molecule has 0 amide bonds. The summed E-state index contributed by atoms with van der Waals surface area (Å²) in [7, 11) is -0.977. The van der Waals surface area contributed by atoms with Gasteiger partial charge in [0.15, 0.2) is 0 Å². The molecule has 4 nitrogen and oxygen atoms in total. The first-order valence-corrected chi connectivity index (χ1v) is 9.11. The summed E-state index contributed by atoms with van der Waals surface area (Å²) in [5.41, 5.74) is 2.15. The van der Waals surface area contributed by atoms with Crippen LogP contribution in [0.2, 0.25) is 0 Å². The lowest BCUT2D eigenvalue weighted by Gasteiger charge is -2.18. The molecule has 0 saturated carbocycles. The number of fused-ring (bicyclic) bond motifs is 1.